The molecule has 0 aromatic heterocycles. The molecule has 6 heteroatoms. The van der Waals surface area contributed by atoms with Gasteiger partial charge in [-0.15, -0.1) is 0 Å². The van der Waals surface area contributed by atoms with E-state index in [1.807, 2.05) is 24.3 Å². The third-order valence-corrected chi connectivity index (χ3v) is 4.30. The van der Waals surface area contributed by atoms with Crippen molar-refractivity contribution in [2.24, 2.45) is 0 Å². The Balaban J connectivity index is 1.79. The minimum atomic E-state index is -0.164. The third kappa shape index (κ3) is 8.25. The number of carbonyl (C=O) groups excluding carboxylic acids is 2. The molecule has 0 heterocycles. The van der Waals surface area contributed by atoms with Gasteiger partial charge >= 0.3 is 0 Å². The van der Waals surface area contributed by atoms with Crippen LogP contribution in [0.2, 0.25) is 0 Å². The molecule has 0 aliphatic carbocycles. The molecule has 2 rings (SSSR count). The van der Waals surface area contributed by atoms with E-state index >= 15 is 0 Å². The number of benzene rings is 2. The van der Waals surface area contributed by atoms with Crippen LogP contribution in [-0.4, -0.2) is 31.5 Å². The van der Waals surface area contributed by atoms with Crippen LogP contribution in [0.25, 0.3) is 0 Å². The lowest BCUT2D eigenvalue weighted by molar-refractivity contribution is -0.114. The van der Waals surface area contributed by atoms with Crippen molar-refractivity contribution in [3.8, 4) is 5.75 Å². The summed E-state index contributed by atoms with van der Waals surface area (Å²) in [5, 5.41) is 8.79. The van der Waals surface area contributed by atoms with Gasteiger partial charge in [-0.3, -0.25) is 9.59 Å². The number of ether oxygens (including phenoxy) is 1. The van der Waals surface area contributed by atoms with Crippen molar-refractivity contribution < 1.29 is 14.3 Å². The molecule has 29 heavy (non-hydrogen) atoms. The molecule has 0 aliphatic rings. The maximum atomic E-state index is 12.2. The maximum absolute atomic E-state index is 12.2. The van der Waals surface area contributed by atoms with Crippen molar-refractivity contribution in [2.45, 2.75) is 39.5 Å². The highest BCUT2D eigenvalue weighted by Crippen LogP contribution is 2.17. The van der Waals surface area contributed by atoms with E-state index in [0.717, 1.165) is 37.1 Å². The van der Waals surface area contributed by atoms with Gasteiger partial charge in [0.2, 0.25) is 5.91 Å². The Morgan fingerprint density at radius 3 is 2.41 bits per heavy atom. The maximum Gasteiger partial charge on any atom is 0.251 e. The minimum Gasteiger partial charge on any atom is -0.494 e. The van der Waals surface area contributed by atoms with Crippen molar-refractivity contribution in [1.29, 1.82) is 0 Å². The summed E-state index contributed by atoms with van der Waals surface area (Å²) in [4.78, 5) is 24.2. The lowest BCUT2D eigenvalue weighted by Gasteiger charge is -2.10. The second kappa shape index (κ2) is 12.4. The summed E-state index contributed by atoms with van der Waals surface area (Å²) in [5.74, 6) is 0.526. The highest BCUT2D eigenvalue weighted by atomic mass is 16.5. The molecule has 2 aromatic rings. The van der Waals surface area contributed by atoms with Crippen molar-refractivity contribution in [2.75, 3.05) is 30.3 Å². The summed E-state index contributed by atoms with van der Waals surface area (Å²) < 4.78 is 5.68. The molecule has 0 fully saturated rings. The number of amides is 2. The van der Waals surface area contributed by atoms with Crippen LogP contribution in [0, 0.1) is 0 Å². The Morgan fingerprint density at radius 2 is 1.69 bits per heavy atom. The van der Waals surface area contributed by atoms with Gasteiger partial charge in [0, 0.05) is 29.5 Å². The topological polar surface area (TPSA) is 79.5 Å². The molecule has 0 radical (unpaired) electrons. The SMILES string of the molecule is CCCCNC(=O)c1ccc(NC(=O)CNc2cccc(OCCCC)c2)cc1. The average Bonchev–Trinajstić information content (AvgIpc) is 2.73. The molecule has 0 saturated carbocycles. The summed E-state index contributed by atoms with van der Waals surface area (Å²) in [5.41, 5.74) is 2.06. The Labute approximate surface area is 173 Å². The Kier molecular flexibility index (Phi) is 9.55. The zero-order valence-corrected chi connectivity index (χ0v) is 17.3. The van der Waals surface area contributed by atoms with E-state index in [0.29, 0.717) is 24.4 Å². The summed E-state index contributed by atoms with van der Waals surface area (Å²) in [7, 11) is 0. The first-order valence-electron chi connectivity index (χ1n) is 10.3. The number of hydrogen-bond donors (Lipinski definition) is 3. The van der Waals surface area contributed by atoms with Gasteiger partial charge in [0.05, 0.1) is 13.2 Å². The second-order valence-electron chi connectivity index (χ2n) is 6.82. The zero-order chi connectivity index (χ0) is 20.9. The molecule has 0 spiro atoms. The molecule has 2 amide bonds. The monoisotopic (exact) mass is 397 g/mol. The van der Waals surface area contributed by atoms with Gasteiger partial charge in [-0.05, 0) is 49.2 Å². The molecule has 156 valence electrons. The Morgan fingerprint density at radius 1 is 0.931 bits per heavy atom. The molecular formula is C23H31N3O3. The fourth-order valence-corrected chi connectivity index (χ4v) is 2.60. The Bertz CT molecular complexity index is 775. The summed E-state index contributed by atoms with van der Waals surface area (Å²) in [6, 6.07) is 14.5. The number of anilines is 2. The summed E-state index contributed by atoms with van der Waals surface area (Å²) >= 11 is 0. The van der Waals surface area contributed by atoms with E-state index in [4.69, 9.17) is 4.74 Å². The minimum absolute atomic E-state index is 0.0981. The van der Waals surface area contributed by atoms with Crippen molar-refractivity contribution in [3.63, 3.8) is 0 Å². The first kappa shape index (κ1) is 22.3. The average molecular weight is 398 g/mol. The highest BCUT2D eigenvalue weighted by Gasteiger charge is 2.07. The Hall–Kier alpha value is -3.02. The van der Waals surface area contributed by atoms with Gasteiger partial charge in [-0.25, -0.2) is 0 Å². The van der Waals surface area contributed by atoms with Crippen molar-refractivity contribution in [3.05, 3.63) is 54.1 Å². The first-order valence-corrected chi connectivity index (χ1v) is 10.3. The lowest BCUT2D eigenvalue weighted by atomic mass is 10.2. The largest absolute Gasteiger partial charge is 0.494 e. The standard InChI is InChI=1S/C23H31N3O3/c1-3-5-14-24-23(28)18-10-12-19(13-11-18)26-22(27)17-25-20-8-7-9-21(16-20)29-15-6-4-2/h7-13,16,25H,3-6,14-15,17H2,1-2H3,(H,24,28)(H,26,27). The third-order valence-electron chi connectivity index (χ3n) is 4.30. The highest BCUT2D eigenvalue weighted by molar-refractivity contribution is 5.96. The van der Waals surface area contributed by atoms with Crippen LogP contribution < -0.4 is 20.7 Å². The van der Waals surface area contributed by atoms with Crippen molar-refractivity contribution in [1.82, 2.24) is 5.32 Å². The second-order valence-corrected chi connectivity index (χ2v) is 6.82. The van der Waals surface area contributed by atoms with Gasteiger partial charge in [0.25, 0.3) is 5.91 Å². The molecule has 0 bridgehead atoms. The molecule has 2 aromatic carbocycles. The van der Waals surface area contributed by atoms with Crippen molar-refractivity contribution >= 4 is 23.2 Å². The van der Waals surface area contributed by atoms with Gasteiger partial charge in [-0.1, -0.05) is 32.8 Å². The first-order chi connectivity index (χ1) is 14.1. The molecule has 6 nitrogen and oxygen atoms in total. The molecular weight excluding hydrogens is 366 g/mol. The molecule has 0 atom stereocenters. The predicted molar refractivity (Wildman–Crippen MR) is 118 cm³/mol. The zero-order valence-electron chi connectivity index (χ0n) is 17.3. The normalized spacial score (nSPS) is 10.3. The quantitative estimate of drug-likeness (QED) is 0.463. The van der Waals surface area contributed by atoms with Crippen LogP contribution in [0.3, 0.4) is 0 Å². The molecule has 0 saturated heterocycles. The van der Waals surface area contributed by atoms with E-state index in [1.165, 1.54) is 0 Å². The smallest absolute Gasteiger partial charge is 0.251 e. The van der Waals surface area contributed by atoms with E-state index in [2.05, 4.69) is 29.8 Å². The van der Waals surface area contributed by atoms with Crippen LogP contribution in [-0.2, 0) is 4.79 Å². The summed E-state index contributed by atoms with van der Waals surface area (Å²) in [6.07, 6.45) is 4.10. The van der Waals surface area contributed by atoms with E-state index < -0.39 is 0 Å². The number of rotatable bonds is 12. The van der Waals surface area contributed by atoms with Crippen LogP contribution in [0.15, 0.2) is 48.5 Å². The van der Waals surface area contributed by atoms with Gasteiger partial charge in [-0.2, -0.15) is 0 Å². The summed E-state index contributed by atoms with van der Waals surface area (Å²) in [6.45, 7) is 5.70. The fourth-order valence-electron chi connectivity index (χ4n) is 2.60. The molecule has 0 aliphatic heterocycles. The molecule has 3 N–H and O–H groups in total. The fraction of sp³-hybridized carbons (Fsp3) is 0.391. The van der Waals surface area contributed by atoms with E-state index in [1.54, 1.807) is 24.3 Å². The number of carbonyl (C=O) groups is 2. The predicted octanol–water partition coefficient (Wildman–Crippen LogP) is 4.45. The van der Waals surface area contributed by atoms with Crippen LogP contribution in [0.4, 0.5) is 11.4 Å². The number of hydrogen-bond acceptors (Lipinski definition) is 4. The molecule has 0 unspecified atom stereocenters. The van der Waals surface area contributed by atoms with Gasteiger partial charge in [0.1, 0.15) is 5.75 Å². The number of unbranched alkanes of at least 4 members (excludes halogenated alkanes) is 2. The van der Waals surface area contributed by atoms with Gasteiger partial charge < -0.3 is 20.7 Å². The van der Waals surface area contributed by atoms with Crippen LogP contribution in [0.1, 0.15) is 49.9 Å². The lowest BCUT2D eigenvalue weighted by Crippen LogP contribution is -2.24. The number of nitrogens with one attached hydrogen (secondary N) is 3. The van der Waals surface area contributed by atoms with Gasteiger partial charge in [0.15, 0.2) is 0 Å². The van der Waals surface area contributed by atoms with E-state index in [9.17, 15) is 9.59 Å². The van der Waals surface area contributed by atoms with Crippen LogP contribution in [0.5, 0.6) is 5.75 Å². The van der Waals surface area contributed by atoms with Crippen LogP contribution >= 0.6 is 0 Å². The van der Waals surface area contributed by atoms with E-state index in [-0.39, 0.29) is 18.4 Å².